The van der Waals surface area contributed by atoms with Gasteiger partial charge in [-0.1, -0.05) is 0 Å². The second kappa shape index (κ2) is 5.04. The average molecular weight is 209 g/mol. The van der Waals surface area contributed by atoms with Gasteiger partial charge in [-0.25, -0.2) is 0 Å². The van der Waals surface area contributed by atoms with Crippen LogP contribution in [0.25, 0.3) is 0 Å². The third kappa shape index (κ3) is 3.34. The van der Waals surface area contributed by atoms with Crippen molar-refractivity contribution in [2.45, 2.75) is 6.54 Å². The van der Waals surface area contributed by atoms with Crippen molar-refractivity contribution >= 4 is 11.9 Å². The van der Waals surface area contributed by atoms with E-state index in [1.807, 2.05) is 12.1 Å². The van der Waals surface area contributed by atoms with Crippen molar-refractivity contribution in [2.75, 3.05) is 14.1 Å². The highest BCUT2D eigenvalue weighted by Crippen LogP contribution is 2.02. The lowest BCUT2D eigenvalue weighted by atomic mass is 10.4. The minimum atomic E-state index is 0.152. The number of hydrogen-bond donors (Lipinski definition) is 2. The highest BCUT2D eigenvalue weighted by molar-refractivity contribution is 5.93. The summed E-state index contributed by atoms with van der Waals surface area (Å²) in [4.78, 5) is 9.29. The van der Waals surface area contributed by atoms with Crippen LogP contribution >= 0.6 is 0 Å². The van der Waals surface area contributed by atoms with Gasteiger partial charge in [0.25, 0.3) is 0 Å². The molecule has 1 aromatic heterocycles. The first-order valence-corrected chi connectivity index (χ1v) is 4.43. The van der Waals surface area contributed by atoms with E-state index in [9.17, 15) is 0 Å². The van der Waals surface area contributed by atoms with Crippen LogP contribution in [-0.2, 0) is 6.54 Å². The number of furan rings is 1. The normalized spacial score (nSPS) is 12.9. The molecule has 0 unspecified atom stereocenters. The summed E-state index contributed by atoms with van der Waals surface area (Å²) in [6.07, 6.45) is 1.61. The molecular formula is C9H15N5O. The molecule has 6 nitrogen and oxygen atoms in total. The van der Waals surface area contributed by atoms with Crippen molar-refractivity contribution < 1.29 is 4.42 Å². The molecule has 1 rings (SSSR count). The molecular weight excluding hydrogens is 194 g/mol. The Balaban J connectivity index is 2.61. The second-order valence-corrected chi connectivity index (χ2v) is 2.99. The fourth-order valence-electron chi connectivity index (χ4n) is 0.970. The number of rotatable bonds is 2. The van der Waals surface area contributed by atoms with Gasteiger partial charge in [-0.15, -0.1) is 0 Å². The molecule has 0 fully saturated rings. The van der Waals surface area contributed by atoms with E-state index in [0.717, 1.165) is 5.76 Å². The predicted molar refractivity (Wildman–Crippen MR) is 59.3 cm³/mol. The van der Waals surface area contributed by atoms with Crippen LogP contribution in [0, 0.1) is 0 Å². The van der Waals surface area contributed by atoms with E-state index in [1.54, 1.807) is 25.3 Å². The lowest BCUT2D eigenvalue weighted by Crippen LogP contribution is -2.35. The molecule has 0 aliphatic carbocycles. The van der Waals surface area contributed by atoms with E-state index in [1.165, 1.54) is 0 Å². The molecule has 82 valence electrons. The Kier molecular flexibility index (Phi) is 3.73. The number of aliphatic imine (C=N–C) groups is 2. The molecule has 1 aromatic rings. The van der Waals surface area contributed by atoms with E-state index in [4.69, 9.17) is 15.9 Å². The van der Waals surface area contributed by atoms with Gasteiger partial charge in [-0.2, -0.15) is 4.99 Å². The van der Waals surface area contributed by atoms with Crippen LogP contribution in [0.1, 0.15) is 5.76 Å². The van der Waals surface area contributed by atoms with Crippen molar-refractivity contribution in [3.63, 3.8) is 0 Å². The molecule has 1 heterocycles. The zero-order valence-electron chi connectivity index (χ0n) is 8.84. The largest absolute Gasteiger partial charge is 0.467 e. The summed E-state index contributed by atoms with van der Waals surface area (Å²) in [5, 5.41) is 0. The van der Waals surface area contributed by atoms with Gasteiger partial charge in [-0.3, -0.25) is 4.99 Å². The van der Waals surface area contributed by atoms with Gasteiger partial charge in [0.1, 0.15) is 5.76 Å². The fraction of sp³-hybridized carbons (Fsp3) is 0.333. The molecule has 0 bridgehead atoms. The minimum absolute atomic E-state index is 0.152. The Labute approximate surface area is 88.3 Å². The van der Waals surface area contributed by atoms with Crippen LogP contribution in [0.3, 0.4) is 0 Å². The molecule has 0 atom stereocenters. The summed E-state index contributed by atoms with van der Waals surface area (Å²) >= 11 is 0. The van der Waals surface area contributed by atoms with E-state index < -0.39 is 0 Å². The number of hydrogen-bond acceptors (Lipinski definition) is 2. The third-order valence-corrected chi connectivity index (χ3v) is 1.82. The molecule has 0 aliphatic heterocycles. The van der Waals surface area contributed by atoms with Crippen molar-refractivity contribution in [2.24, 2.45) is 21.5 Å². The predicted octanol–water partition coefficient (Wildman–Crippen LogP) is -0.0294. The van der Waals surface area contributed by atoms with Crippen LogP contribution in [0.4, 0.5) is 0 Å². The average Bonchev–Trinajstić information content (AvgIpc) is 2.70. The lowest BCUT2D eigenvalue weighted by molar-refractivity contribution is 0.408. The zero-order chi connectivity index (χ0) is 11.3. The maximum absolute atomic E-state index is 5.68. The Morgan fingerprint density at radius 3 is 2.80 bits per heavy atom. The number of nitrogens with two attached hydrogens (primary N) is 2. The van der Waals surface area contributed by atoms with Gasteiger partial charge in [0.15, 0.2) is 5.96 Å². The molecule has 0 aliphatic rings. The molecule has 0 radical (unpaired) electrons. The Morgan fingerprint density at radius 2 is 2.27 bits per heavy atom. The van der Waals surface area contributed by atoms with Gasteiger partial charge < -0.3 is 20.8 Å². The maximum atomic E-state index is 5.68. The van der Waals surface area contributed by atoms with Crippen LogP contribution in [-0.4, -0.2) is 30.9 Å². The summed E-state index contributed by atoms with van der Waals surface area (Å²) in [5.41, 5.74) is 11.1. The monoisotopic (exact) mass is 209 g/mol. The van der Waals surface area contributed by atoms with E-state index >= 15 is 0 Å². The first kappa shape index (κ1) is 11.1. The summed E-state index contributed by atoms with van der Waals surface area (Å²) in [6, 6.07) is 3.68. The topological polar surface area (TPSA) is 93.1 Å². The van der Waals surface area contributed by atoms with E-state index in [-0.39, 0.29) is 5.96 Å². The molecule has 0 amide bonds. The zero-order valence-corrected chi connectivity index (χ0v) is 8.84. The first-order chi connectivity index (χ1) is 7.13. The highest BCUT2D eigenvalue weighted by atomic mass is 16.3. The van der Waals surface area contributed by atoms with Crippen LogP contribution in [0.15, 0.2) is 32.8 Å². The van der Waals surface area contributed by atoms with Crippen LogP contribution in [0.2, 0.25) is 0 Å². The SMILES string of the molecule is CN=C(N)/N=C(\N)N(C)Cc1ccco1. The van der Waals surface area contributed by atoms with Crippen molar-refractivity contribution in [1.29, 1.82) is 0 Å². The van der Waals surface area contributed by atoms with Crippen LogP contribution in [0.5, 0.6) is 0 Å². The molecule has 6 heteroatoms. The fourth-order valence-corrected chi connectivity index (χ4v) is 0.970. The summed E-state index contributed by atoms with van der Waals surface area (Å²) < 4.78 is 5.17. The van der Waals surface area contributed by atoms with E-state index in [0.29, 0.717) is 12.5 Å². The molecule has 15 heavy (non-hydrogen) atoms. The second-order valence-electron chi connectivity index (χ2n) is 2.99. The highest BCUT2D eigenvalue weighted by Gasteiger charge is 2.05. The molecule has 0 spiro atoms. The summed E-state index contributed by atoms with van der Waals surface area (Å²) in [5.74, 6) is 1.26. The van der Waals surface area contributed by atoms with Crippen molar-refractivity contribution in [3.8, 4) is 0 Å². The summed E-state index contributed by atoms with van der Waals surface area (Å²) in [7, 11) is 3.35. The molecule has 0 saturated heterocycles. The maximum Gasteiger partial charge on any atom is 0.218 e. The quantitative estimate of drug-likeness (QED) is 0.528. The van der Waals surface area contributed by atoms with Crippen molar-refractivity contribution in [3.05, 3.63) is 24.2 Å². The lowest BCUT2D eigenvalue weighted by Gasteiger charge is -2.15. The smallest absolute Gasteiger partial charge is 0.218 e. The van der Waals surface area contributed by atoms with Gasteiger partial charge in [-0.05, 0) is 12.1 Å². The van der Waals surface area contributed by atoms with Gasteiger partial charge in [0.05, 0.1) is 12.8 Å². The van der Waals surface area contributed by atoms with Crippen LogP contribution < -0.4 is 11.5 Å². The van der Waals surface area contributed by atoms with Gasteiger partial charge in [0, 0.05) is 14.1 Å². The van der Waals surface area contributed by atoms with Gasteiger partial charge >= 0.3 is 0 Å². The Morgan fingerprint density at radius 1 is 1.53 bits per heavy atom. The minimum Gasteiger partial charge on any atom is -0.467 e. The molecule has 4 N–H and O–H groups in total. The standard InChI is InChI=1S/C9H15N5O/c1-12-8(10)13-9(11)14(2)6-7-4-3-5-15-7/h3-5H,6H2,1-2H3,(H4,10,11,12,13). The summed E-state index contributed by atoms with van der Waals surface area (Å²) in [6.45, 7) is 0.541. The first-order valence-electron chi connectivity index (χ1n) is 4.43. The van der Waals surface area contributed by atoms with Crippen molar-refractivity contribution in [1.82, 2.24) is 4.90 Å². The van der Waals surface area contributed by atoms with Gasteiger partial charge in [0.2, 0.25) is 5.96 Å². The Hall–Kier alpha value is -1.98. The van der Waals surface area contributed by atoms with E-state index in [2.05, 4.69) is 9.98 Å². The molecule has 0 saturated carbocycles. The third-order valence-electron chi connectivity index (χ3n) is 1.82. The molecule has 0 aromatic carbocycles. The number of guanidine groups is 2. The number of nitrogens with zero attached hydrogens (tertiary/aromatic N) is 3. The Bertz CT molecular complexity index is 355.